The number of halogens is 1. The van der Waals surface area contributed by atoms with Crippen LogP contribution in [0.15, 0.2) is 24.3 Å². The van der Waals surface area contributed by atoms with Gasteiger partial charge in [-0.05, 0) is 20.0 Å². The van der Waals surface area contributed by atoms with Gasteiger partial charge in [0, 0.05) is 36.8 Å². The first-order valence-electron chi connectivity index (χ1n) is 6.38. The highest BCUT2D eigenvalue weighted by atomic mass is 35.5. The number of benzene rings is 1. The van der Waals surface area contributed by atoms with Crippen molar-refractivity contribution in [2.45, 2.75) is 12.5 Å². The molecule has 1 aliphatic rings. The number of likely N-dealkylation sites (N-methyl/N-ethyl adjacent to an activating group) is 1. The maximum absolute atomic E-state index is 11.8. The number of carbonyl (C=O) groups is 1. The van der Waals surface area contributed by atoms with Gasteiger partial charge < -0.3 is 10.0 Å². The number of nitrogens with zero attached hydrogens (tertiary/aromatic N) is 2. The molecule has 0 aliphatic carbocycles. The van der Waals surface area contributed by atoms with E-state index >= 15 is 0 Å². The first-order chi connectivity index (χ1) is 8.96. The van der Waals surface area contributed by atoms with Crippen LogP contribution in [0.4, 0.5) is 0 Å². The summed E-state index contributed by atoms with van der Waals surface area (Å²) in [6.45, 7) is 4.93. The second kappa shape index (κ2) is 5.49. The van der Waals surface area contributed by atoms with Gasteiger partial charge >= 0.3 is 5.97 Å². The van der Waals surface area contributed by atoms with Gasteiger partial charge in [-0.15, -0.1) is 0 Å². The molecule has 0 bridgehead atoms. The third-order valence-electron chi connectivity index (χ3n) is 3.95. The van der Waals surface area contributed by atoms with E-state index in [4.69, 9.17) is 11.6 Å². The minimum absolute atomic E-state index is 0.506. The molecule has 1 aromatic rings. The Kier molecular flexibility index (Phi) is 4.13. The summed E-state index contributed by atoms with van der Waals surface area (Å²) >= 11 is 6.20. The predicted octanol–water partition coefficient (Wildman–Crippen LogP) is 1.89. The van der Waals surface area contributed by atoms with Gasteiger partial charge in [0.1, 0.15) is 5.54 Å². The molecular weight excluding hydrogens is 264 g/mol. The second-order valence-electron chi connectivity index (χ2n) is 5.15. The van der Waals surface area contributed by atoms with Crippen LogP contribution in [-0.4, -0.2) is 54.1 Å². The molecule has 0 aromatic heterocycles. The van der Waals surface area contributed by atoms with Crippen molar-refractivity contribution in [2.24, 2.45) is 0 Å². The van der Waals surface area contributed by atoms with E-state index in [1.54, 1.807) is 19.1 Å². The normalized spacial score (nSPS) is 21.0. The summed E-state index contributed by atoms with van der Waals surface area (Å²) in [5.74, 6) is -0.856. The van der Waals surface area contributed by atoms with E-state index in [-0.39, 0.29) is 0 Å². The smallest absolute Gasteiger partial charge is 0.328 e. The van der Waals surface area contributed by atoms with Gasteiger partial charge in [-0.1, -0.05) is 29.8 Å². The molecule has 104 valence electrons. The van der Waals surface area contributed by atoms with Gasteiger partial charge in [-0.25, -0.2) is 4.79 Å². The van der Waals surface area contributed by atoms with Crippen molar-refractivity contribution in [3.8, 4) is 0 Å². The van der Waals surface area contributed by atoms with E-state index in [1.807, 2.05) is 24.1 Å². The van der Waals surface area contributed by atoms with E-state index in [2.05, 4.69) is 4.90 Å². The summed E-state index contributed by atoms with van der Waals surface area (Å²) in [4.78, 5) is 16.0. The summed E-state index contributed by atoms with van der Waals surface area (Å²) in [6.07, 6.45) is 0. The second-order valence-corrected chi connectivity index (χ2v) is 5.55. The Morgan fingerprint density at radius 2 is 1.84 bits per heavy atom. The van der Waals surface area contributed by atoms with Crippen molar-refractivity contribution in [3.63, 3.8) is 0 Å². The number of aliphatic carboxylic acids is 1. The fourth-order valence-electron chi connectivity index (χ4n) is 2.53. The van der Waals surface area contributed by atoms with Crippen molar-refractivity contribution in [2.75, 3.05) is 33.2 Å². The number of carboxylic acids is 1. The minimum Gasteiger partial charge on any atom is -0.480 e. The molecule has 19 heavy (non-hydrogen) atoms. The number of piperazine rings is 1. The van der Waals surface area contributed by atoms with Crippen molar-refractivity contribution < 1.29 is 9.90 Å². The Hall–Kier alpha value is -1.10. The third kappa shape index (κ3) is 2.61. The zero-order valence-corrected chi connectivity index (χ0v) is 12.0. The van der Waals surface area contributed by atoms with Crippen LogP contribution in [0.2, 0.25) is 5.02 Å². The molecule has 2 rings (SSSR count). The van der Waals surface area contributed by atoms with Crippen LogP contribution in [-0.2, 0) is 10.3 Å². The molecule has 4 nitrogen and oxygen atoms in total. The highest BCUT2D eigenvalue weighted by molar-refractivity contribution is 6.31. The first-order valence-corrected chi connectivity index (χ1v) is 6.76. The van der Waals surface area contributed by atoms with Gasteiger partial charge in [-0.3, -0.25) is 4.90 Å². The molecule has 1 saturated heterocycles. The topological polar surface area (TPSA) is 43.8 Å². The highest BCUT2D eigenvalue weighted by Gasteiger charge is 2.43. The summed E-state index contributed by atoms with van der Waals surface area (Å²) in [7, 11) is 2.05. The quantitative estimate of drug-likeness (QED) is 0.919. The summed E-state index contributed by atoms with van der Waals surface area (Å²) in [5.41, 5.74) is -0.409. The Labute approximate surface area is 118 Å². The van der Waals surface area contributed by atoms with E-state index in [9.17, 15) is 9.90 Å². The van der Waals surface area contributed by atoms with Crippen LogP contribution in [0.1, 0.15) is 12.5 Å². The third-order valence-corrected chi connectivity index (χ3v) is 4.28. The molecule has 5 heteroatoms. The van der Waals surface area contributed by atoms with E-state index < -0.39 is 11.5 Å². The van der Waals surface area contributed by atoms with Crippen molar-refractivity contribution in [1.29, 1.82) is 0 Å². The lowest BCUT2D eigenvalue weighted by Gasteiger charge is -2.43. The summed E-state index contributed by atoms with van der Waals surface area (Å²) in [5, 5.41) is 10.2. The van der Waals surface area contributed by atoms with Crippen LogP contribution < -0.4 is 0 Å². The van der Waals surface area contributed by atoms with E-state index in [0.717, 1.165) is 26.2 Å². The molecule has 1 N–H and O–H groups in total. The van der Waals surface area contributed by atoms with Crippen LogP contribution in [0.3, 0.4) is 0 Å². The minimum atomic E-state index is -1.07. The maximum atomic E-state index is 11.8. The zero-order valence-electron chi connectivity index (χ0n) is 11.3. The number of hydrogen-bond acceptors (Lipinski definition) is 3. The largest absolute Gasteiger partial charge is 0.480 e. The lowest BCUT2D eigenvalue weighted by atomic mass is 9.89. The lowest BCUT2D eigenvalue weighted by molar-refractivity contribution is -0.152. The molecule has 1 aliphatic heterocycles. The molecule has 1 atom stereocenters. The van der Waals surface area contributed by atoms with Crippen LogP contribution in [0.5, 0.6) is 0 Å². The molecular formula is C14H19ClN2O2. The molecule has 0 saturated carbocycles. The zero-order chi connectivity index (χ0) is 14.0. The molecule has 1 fully saturated rings. The average Bonchev–Trinajstić information content (AvgIpc) is 2.39. The monoisotopic (exact) mass is 282 g/mol. The van der Waals surface area contributed by atoms with Gasteiger partial charge in [-0.2, -0.15) is 0 Å². The molecule has 1 aromatic carbocycles. The standard InChI is InChI=1S/C14H19ClN2O2/c1-14(13(18)19,11-5-3-4-6-12(11)15)17-9-7-16(2)8-10-17/h3-6H,7-10H2,1-2H3,(H,18,19). The lowest BCUT2D eigenvalue weighted by Crippen LogP contribution is -2.57. The van der Waals surface area contributed by atoms with Gasteiger partial charge in [0.2, 0.25) is 0 Å². The van der Waals surface area contributed by atoms with E-state index in [0.29, 0.717) is 10.6 Å². The predicted molar refractivity (Wildman–Crippen MR) is 75.5 cm³/mol. The molecule has 1 unspecified atom stereocenters. The molecule has 0 spiro atoms. The fourth-order valence-corrected chi connectivity index (χ4v) is 2.85. The highest BCUT2D eigenvalue weighted by Crippen LogP contribution is 2.34. The van der Waals surface area contributed by atoms with Gasteiger partial charge in [0.15, 0.2) is 0 Å². The molecule has 0 amide bonds. The Balaban J connectivity index is 2.38. The Bertz CT molecular complexity index is 472. The van der Waals surface area contributed by atoms with Crippen molar-refractivity contribution in [3.05, 3.63) is 34.9 Å². The average molecular weight is 283 g/mol. The van der Waals surface area contributed by atoms with Crippen molar-refractivity contribution >= 4 is 17.6 Å². The van der Waals surface area contributed by atoms with Crippen LogP contribution in [0, 0.1) is 0 Å². The van der Waals surface area contributed by atoms with Crippen LogP contribution in [0.25, 0.3) is 0 Å². The summed E-state index contributed by atoms with van der Waals surface area (Å²) in [6, 6.07) is 7.19. The van der Waals surface area contributed by atoms with E-state index in [1.165, 1.54) is 0 Å². The molecule has 1 heterocycles. The SMILES string of the molecule is CN1CCN(C(C)(C(=O)O)c2ccccc2Cl)CC1. The Morgan fingerprint density at radius 3 is 2.37 bits per heavy atom. The maximum Gasteiger partial charge on any atom is 0.328 e. The number of carboxylic acid groups (broad SMARTS) is 1. The van der Waals surface area contributed by atoms with Crippen molar-refractivity contribution in [1.82, 2.24) is 9.80 Å². The molecule has 0 radical (unpaired) electrons. The first kappa shape index (κ1) is 14.3. The summed E-state index contributed by atoms with van der Waals surface area (Å²) < 4.78 is 0. The van der Waals surface area contributed by atoms with Gasteiger partial charge in [0.05, 0.1) is 0 Å². The Morgan fingerprint density at radius 1 is 1.26 bits per heavy atom. The number of rotatable bonds is 3. The van der Waals surface area contributed by atoms with Crippen LogP contribution >= 0.6 is 11.6 Å². The fraction of sp³-hybridized carbons (Fsp3) is 0.500. The van der Waals surface area contributed by atoms with Gasteiger partial charge in [0.25, 0.3) is 0 Å². The number of hydrogen-bond donors (Lipinski definition) is 1.